The number of nitriles is 1. The molecule has 5 nitrogen and oxygen atoms in total. The molecule has 1 N–H and O–H groups in total. The number of nitrogens with zero attached hydrogens (tertiary/aromatic N) is 2. The number of nitrogens with one attached hydrogen (secondary N) is 1. The number of rotatable bonds is 2. The van der Waals surface area contributed by atoms with Crippen LogP contribution in [0.4, 0.5) is 0 Å². The molecule has 0 atom stereocenters. The van der Waals surface area contributed by atoms with Crippen molar-refractivity contribution < 1.29 is 9.47 Å². The first kappa shape index (κ1) is 12.8. The lowest BCUT2D eigenvalue weighted by atomic mass is 9.97. The van der Waals surface area contributed by atoms with Gasteiger partial charge < -0.3 is 14.0 Å². The van der Waals surface area contributed by atoms with Gasteiger partial charge in [-0.1, -0.05) is 11.3 Å². The third-order valence-corrected chi connectivity index (χ3v) is 4.40. The average Bonchev–Trinajstić information content (AvgIpc) is 2.82. The molecule has 0 fully saturated rings. The molecule has 0 spiro atoms. The van der Waals surface area contributed by atoms with Crippen molar-refractivity contribution in [2.45, 2.75) is 13.0 Å². The molecule has 0 radical (unpaired) electrons. The van der Waals surface area contributed by atoms with E-state index in [0.29, 0.717) is 21.2 Å². The summed E-state index contributed by atoms with van der Waals surface area (Å²) in [5, 5.41) is 17.2. The Morgan fingerprint density at radius 1 is 1.30 bits per heavy atom. The first-order chi connectivity index (χ1) is 9.69. The van der Waals surface area contributed by atoms with E-state index >= 15 is 0 Å². The average molecular weight is 287 g/mol. The molecule has 0 amide bonds. The van der Waals surface area contributed by atoms with Gasteiger partial charge in [0, 0.05) is 12.1 Å². The topological polar surface area (TPSA) is 71.0 Å². The van der Waals surface area contributed by atoms with Crippen LogP contribution in [0.1, 0.15) is 10.4 Å². The van der Waals surface area contributed by atoms with Crippen LogP contribution in [-0.4, -0.2) is 18.8 Å². The maximum atomic E-state index is 9.27. The molecule has 20 heavy (non-hydrogen) atoms. The second kappa shape index (κ2) is 4.69. The number of aryl methyl sites for hydroxylation is 1. The molecule has 0 saturated carbocycles. The fraction of sp³-hybridized carbons (Fsp3) is 0.286. The fourth-order valence-electron chi connectivity index (χ4n) is 2.56. The standard InChI is InChI=1S/C14H13N3O2S/c1-18-10-5-8-3-4-17-13(9(8)6-11(10)19-2)12(7-15)20-14(17)16/h5-6,16H,3-4H2,1-2H3. The number of hydrogen-bond donors (Lipinski definition) is 1. The van der Waals surface area contributed by atoms with E-state index in [9.17, 15) is 5.26 Å². The zero-order valence-corrected chi connectivity index (χ0v) is 12.0. The molecule has 1 aromatic carbocycles. The van der Waals surface area contributed by atoms with Crippen LogP contribution in [0.15, 0.2) is 12.1 Å². The van der Waals surface area contributed by atoms with Crippen LogP contribution >= 0.6 is 11.3 Å². The van der Waals surface area contributed by atoms with E-state index < -0.39 is 0 Å². The highest BCUT2D eigenvalue weighted by Gasteiger charge is 2.24. The third-order valence-electron chi connectivity index (χ3n) is 3.50. The molecule has 2 heterocycles. The summed E-state index contributed by atoms with van der Waals surface area (Å²) in [6.07, 6.45) is 0.820. The molecule has 1 aromatic heterocycles. The number of aromatic nitrogens is 1. The van der Waals surface area contributed by atoms with Crippen molar-refractivity contribution in [1.29, 1.82) is 10.7 Å². The van der Waals surface area contributed by atoms with Crippen LogP contribution in [0.2, 0.25) is 0 Å². The number of fused-ring (bicyclic) bond motifs is 3. The largest absolute Gasteiger partial charge is 0.493 e. The summed E-state index contributed by atoms with van der Waals surface area (Å²) in [4.78, 5) is 0.986. The van der Waals surface area contributed by atoms with Gasteiger partial charge in [0.2, 0.25) is 0 Å². The normalized spacial score (nSPS) is 12.2. The quantitative estimate of drug-likeness (QED) is 0.920. The number of thiazole rings is 1. The van der Waals surface area contributed by atoms with Gasteiger partial charge in [0.25, 0.3) is 0 Å². The van der Waals surface area contributed by atoms with Gasteiger partial charge in [-0.05, 0) is 24.1 Å². The molecular formula is C14H13N3O2S. The Bertz CT molecular complexity index is 783. The van der Waals surface area contributed by atoms with Crippen LogP contribution in [0.3, 0.4) is 0 Å². The summed E-state index contributed by atoms with van der Waals surface area (Å²) in [7, 11) is 3.20. The summed E-state index contributed by atoms with van der Waals surface area (Å²) in [5.74, 6) is 1.33. The lowest BCUT2D eigenvalue weighted by Gasteiger charge is -2.21. The molecule has 6 heteroatoms. The van der Waals surface area contributed by atoms with Gasteiger partial charge >= 0.3 is 0 Å². The molecular weight excluding hydrogens is 274 g/mol. The second-order valence-corrected chi connectivity index (χ2v) is 5.46. The Morgan fingerprint density at radius 2 is 2.00 bits per heavy atom. The Morgan fingerprint density at radius 3 is 2.65 bits per heavy atom. The van der Waals surface area contributed by atoms with E-state index in [0.717, 1.165) is 29.8 Å². The van der Waals surface area contributed by atoms with Crippen molar-refractivity contribution in [2.24, 2.45) is 0 Å². The minimum absolute atomic E-state index is 0.414. The van der Waals surface area contributed by atoms with Gasteiger partial charge in [-0.2, -0.15) is 5.26 Å². The van der Waals surface area contributed by atoms with Gasteiger partial charge in [0.15, 0.2) is 16.3 Å². The molecule has 1 aliphatic rings. The first-order valence-electron chi connectivity index (χ1n) is 6.13. The van der Waals surface area contributed by atoms with Crippen LogP contribution in [0, 0.1) is 16.7 Å². The zero-order chi connectivity index (χ0) is 14.3. The molecule has 3 rings (SSSR count). The van der Waals surface area contributed by atoms with Gasteiger partial charge in [-0.15, -0.1) is 0 Å². The highest BCUT2D eigenvalue weighted by molar-refractivity contribution is 7.10. The molecule has 0 aliphatic carbocycles. The van der Waals surface area contributed by atoms with Crippen LogP contribution in [0.5, 0.6) is 11.5 Å². The highest BCUT2D eigenvalue weighted by atomic mass is 32.1. The maximum Gasteiger partial charge on any atom is 0.183 e. The van der Waals surface area contributed by atoms with Crippen molar-refractivity contribution >= 4 is 11.3 Å². The molecule has 0 bridgehead atoms. The minimum Gasteiger partial charge on any atom is -0.493 e. The summed E-state index contributed by atoms with van der Waals surface area (Å²) in [5.41, 5.74) is 2.90. The lowest BCUT2D eigenvalue weighted by molar-refractivity contribution is 0.354. The van der Waals surface area contributed by atoms with Crippen molar-refractivity contribution in [3.63, 3.8) is 0 Å². The molecule has 0 saturated heterocycles. The minimum atomic E-state index is 0.414. The Kier molecular flexibility index (Phi) is 2.99. The summed E-state index contributed by atoms with van der Waals surface area (Å²) >= 11 is 1.21. The molecule has 2 aromatic rings. The maximum absolute atomic E-state index is 9.27. The SMILES string of the molecule is COc1cc2c(cc1OC)-c1c(C#N)sc(=N)n1CC2. The van der Waals surface area contributed by atoms with Crippen molar-refractivity contribution in [1.82, 2.24) is 4.57 Å². The van der Waals surface area contributed by atoms with E-state index in [1.165, 1.54) is 11.3 Å². The predicted molar refractivity (Wildman–Crippen MR) is 75.1 cm³/mol. The van der Waals surface area contributed by atoms with Crippen molar-refractivity contribution in [3.8, 4) is 28.8 Å². The number of hydrogen-bond acceptors (Lipinski definition) is 5. The Hall–Kier alpha value is -2.26. The third kappa shape index (κ3) is 1.71. The van der Waals surface area contributed by atoms with Gasteiger partial charge in [0.05, 0.1) is 19.9 Å². The summed E-state index contributed by atoms with van der Waals surface area (Å²) < 4.78 is 12.5. The van der Waals surface area contributed by atoms with Gasteiger partial charge in [0.1, 0.15) is 10.9 Å². The second-order valence-electron chi connectivity index (χ2n) is 4.46. The van der Waals surface area contributed by atoms with Crippen LogP contribution in [0.25, 0.3) is 11.3 Å². The molecule has 0 unspecified atom stereocenters. The Labute approximate surface area is 120 Å². The van der Waals surface area contributed by atoms with Crippen molar-refractivity contribution in [3.05, 3.63) is 27.4 Å². The number of benzene rings is 1. The molecule has 1 aliphatic heterocycles. The monoisotopic (exact) mass is 287 g/mol. The van der Waals surface area contributed by atoms with Gasteiger partial charge in [-0.25, -0.2) is 0 Å². The van der Waals surface area contributed by atoms with Crippen LogP contribution < -0.4 is 14.3 Å². The van der Waals surface area contributed by atoms with E-state index in [2.05, 4.69) is 6.07 Å². The number of methoxy groups -OCH3 is 2. The van der Waals surface area contributed by atoms with Gasteiger partial charge in [-0.3, -0.25) is 5.41 Å². The van der Waals surface area contributed by atoms with Crippen LogP contribution in [-0.2, 0) is 13.0 Å². The first-order valence-corrected chi connectivity index (χ1v) is 6.94. The van der Waals surface area contributed by atoms with E-state index in [-0.39, 0.29) is 0 Å². The van der Waals surface area contributed by atoms with Crippen molar-refractivity contribution in [2.75, 3.05) is 14.2 Å². The van der Waals surface area contributed by atoms with E-state index in [1.807, 2.05) is 16.7 Å². The van der Waals surface area contributed by atoms with E-state index in [1.54, 1.807) is 14.2 Å². The highest BCUT2D eigenvalue weighted by Crippen LogP contribution is 2.39. The zero-order valence-electron chi connectivity index (χ0n) is 11.2. The summed E-state index contributed by atoms with van der Waals surface area (Å²) in [6, 6.07) is 6.04. The smallest absolute Gasteiger partial charge is 0.183 e. The fourth-order valence-corrected chi connectivity index (χ4v) is 3.41. The Balaban J connectivity index is 2.31. The van der Waals surface area contributed by atoms with E-state index in [4.69, 9.17) is 14.9 Å². The number of ether oxygens (including phenoxy) is 2. The summed E-state index contributed by atoms with van der Waals surface area (Å²) in [6.45, 7) is 0.717. The lowest BCUT2D eigenvalue weighted by Crippen LogP contribution is -2.20. The predicted octanol–water partition coefficient (Wildman–Crippen LogP) is 2.14. The molecule has 102 valence electrons.